The van der Waals surface area contributed by atoms with Crippen LogP contribution in [0.2, 0.25) is 0 Å². The van der Waals surface area contributed by atoms with Crippen molar-refractivity contribution in [3.8, 4) is 0 Å². The number of rotatable bonds is 3. The predicted molar refractivity (Wildman–Crippen MR) is 66.8 cm³/mol. The van der Waals surface area contributed by atoms with Crippen LogP contribution in [0.3, 0.4) is 0 Å². The summed E-state index contributed by atoms with van der Waals surface area (Å²) in [6.45, 7) is 3.10. The molecule has 92 valence electrons. The average molecular weight is 233 g/mol. The lowest BCUT2D eigenvalue weighted by Crippen LogP contribution is -2.50. The van der Waals surface area contributed by atoms with Crippen LogP contribution in [0.15, 0.2) is 24.4 Å². The number of piperidine rings is 1. The summed E-state index contributed by atoms with van der Waals surface area (Å²) >= 11 is 0. The lowest BCUT2D eigenvalue weighted by molar-refractivity contribution is 0.0923. The molecule has 17 heavy (non-hydrogen) atoms. The summed E-state index contributed by atoms with van der Waals surface area (Å²) in [5.74, 6) is -0.0922. The van der Waals surface area contributed by atoms with Crippen molar-refractivity contribution in [2.45, 2.75) is 38.3 Å². The maximum Gasteiger partial charge on any atom is 0.270 e. The number of hydrogen-bond acceptors (Lipinski definition) is 3. The molecule has 1 amide bonds. The first-order valence-electron chi connectivity index (χ1n) is 6.22. The Bertz CT molecular complexity index is 360. The van der Waals surface area contributed by atoms with Crippen molar-refractivity contribution in [3.05, 3.63) is 30.1 Å². The second-order valence-corrected chi connectivity index (χ2v) is 4.53. The van der Waals surface area contributed by atoms with Crippen molar-refractivity contribution in [1.82, 2.24) is 15.6 Å². The smallest absolute Gasteiger partial charge is 0.270 e. The van der Waals surface area contributed by atoms with Gasteiger partial charge in [0.1, 0.15) is 5.69 Å². The third-order valence-corrected chi connectivity index (χ3v) is 3.21. The van der Waals surface area contributed by atoms with E-state index in [0.29, 0.717) is 11.7 Å². The van der Waals surface area contributed by atoms with E-state index in [1.54, 1.807) is 12.3 Å². The zero-order valence-electron chi connectivity index (χ0n) is 10.1. The van der Waals surface area contributed by atoms with Crippen LogP contribution in [0.5, 0.6) is 0 Å². The van der Waals surface area contributed by atoms with E-state index >= 15 is 0 Å². The molecule has 2 atom stereocenters. The number of amides is 1. The van der Waals surface area contributed by atoms with Crippen molar-refractivity contribution in [1.29, 1.82) is 0 Å². The Balaban J connectivity index is 1.89. The highest BCUT2D eigenvalue weighted by molar-refractivity contribution is 5.92. The van der Waals surface area contributed by atoms with Crippen LogP contribution in [-0.2, 0) is 0 Å². The summed E-state index contributed by atoms with van der Waals surface area (Å²) in [4.78, 5) is 15.9. The molecule has 0 aliphatic carbocycles. The van der Waals surface area contributed by atoms with Gasteiger partial charge in [-0.15, -0.1) is 0 Å². The van der Waals surface area contributed by atoms with Crippen molar-refractivity contribution in [3.63, 3.8) is 0 Å². The molecule has 2 heterocycles. The summed E-state index contributed by atoms with van der Waals surface area (Å²) in [7, 11) is 0. The highest BCUT2D eigenvalue weighted by Crippen LogP contribution is 2.10. The van der Waals surface area contributed by atoms with Gasteiger partial charge in [-0.2, -0.15) is 0 Å². The first-order chi connectivity index (χ1) is 8.27. The molecule has 1 aliphatic rings. The standard InChI is InChI=1S/C13H19N3O/c1-10(11-6-2-4-8-14-11)16-13(17)12-7-3-5-9-15-12/h3,5,7,9-11,14H,2,4,6,8H2,1H3,(H,16,17)/t10-,11-/m1/s1. The van der Waals surface area contributed by atoms with Gasteiger partial charge in [0.15, 0.2) is 0 Å². The fourth-order valence-corrected chi connectivity index (χ4v) is 2.18. The van der Waals surface area contributed by atoms with Gasteiger partial charge in [0.25, 0.3) is 5.91 Å². The quantitative estimate of drug-likeness (QED) is 0.828. The Morgan fingerprint density at radius 1 is 1.53 bits per heavy atom. The number of aromatic nitrogens is 1. The fourth-order valence-electron chi connectivity index (χ4n) is 2.18. The highest BCUT2D eigenvalue weighted by atomic mass is 16.1. The summed E-state index contributed by atoms with van der Waals surface area (Å²) in [6.07, 6.45) is 5.24. The van der Waals surface area contributed by atoms with E-state index < -0.39 is 0 Å². The average Bonchev–Trinajstić information content (AvgIpc) is 2.40. The van der Waals surface area contributed by atoms with Crippen LogP contribution in [0.1, 0.15) is 36.7 Å². The SMILES string of the molecule is C[C@@H](NC(=O)c1ccccn1)[C@H]1CCCCN1. The zero-order valence-corrected chi connectivity index (χ0v) is 10.1. The molecule has 0 unspecified atom stereocenters. The first-order valence-corrected chi connectivity index (χ1v) is 6.22. The van der Waals surface area contributed by atoms with Crippen LogP contribution in [0, 0.1) is 0 Å². The Morgan fingerprint density at radius 3 is 3.06 bits per heavy atom. The van der Waals surface area contributed by atoms with E-state index in [4.69, 9.17) is 0 Å². The molecule has 4 nitrogen and oxygen atoms in total. The predicted octanol–water partition coefficient (Wildman–Crippen LogP) is 1.34. The molecule has 0 saturated carbocycles. The Labute approximate surface area is 102 Å². The van der Waals surface area contributed by atoms with Crippen LogP contribution in [0.25, 0.3) is 0 Å². The number of carbonyl (C=O) groups excluding carboxylic acids is 1. The van der Waals surface area contributed by atoms with Gasteiger partial charge >= 0.3 is 0 Å². The molecular formula is C13H19N3O. The van der Waals surface area contributed by atoms with Gasteiger partial charge in [0.2, 0.25) is 0 Å². The van der Waals surface area contributed by atoms with Crippen LogP contribution in [0.4, 0.5) is 0 Å². The van der Waals surface area contributed by atoms with Crippen molar-refractivity contribution >= 4 is 5.91 Å². The Kier molecular flexibility index (Phi) is 4.09. The van der Waals surface area contributed by atoms with Gasteiger partial charge in [-0.3, -0.25) is 9.78 Å². The zero-order chi connectivity index (χ0) is 12.1. The number of carbonyl (C=O) groups is 1. The lowest BCUT2D eigenvalue weighted by atomic mass is 9.99. The monoisotopic (exact) mass is 233 g/mol. The van der Waals surface area contributed by atoms with Gasteiger partial charge in [-0.25, -0.2) is 0 Å². The third-order valence-electron chi connectivity index (χ3n) is 3.21. The molecule has 1 aromatic heterocycles. The first kappa shape index (κ1) is 12.0. The molecule has 0 aromatic carbocycles. The maximum atomic E-state index is 11.9. The van der Waals surface area contributed by atoms with E-state index in [0.717, 1.165) is 13.0 Å². The minimum Gasteiger partial charge on any atom is -0.347 e. The largest absolute Gasteiger partial charge is 0.347 e. The molecule has 0 radical (unpaired) electrons. The maximum absolute atomic E-state index is 11.9. The molecule has 4 heteroatoms. The number of nitrogens with zero attached hydrogens (tertiary/aromatic N) is 1. The normalized spacial score (nSPS) is 21.8. The molecule has 1 fully saturated rings. The fraction of sp³-hybridized carbons (Fsp3) is 0.538. The van der Waals surface area contributed by atoms with Crippen LogP contribution in [-0.4, -0.2) is 29.5 Å². The molecule has 1 aliphatic heterocycles. The molecule has 1 saturated heterocycles. The van der Waals surface area contributed by atoms with E-state index in [1.807, 2.05) is 19.1 Å². The number of hydrogen-bond donors (Lipinski definition) is 2. The van der Waals surface area contributed by atoms with E-state index in [9.17, 15) is 4.79 Å². The van der Waals surface area contributed by atoms with Crippen molar-refractivity contribution in [2.75, 3.05) is 6.54 Å². The van der Waals surface area contributed by atoms with E-state index in [-0.39, 0.29) is 11.9 Å². The molecular weight excluding hydrogens is 214 g/mol. The van der Waals surface area contributed by atoms with Gasteiger partial charge < -0.3 is 10.6 Å². The highest BCUT2D eigenvalue weighted by Gasteiger charge is 2.21. The summed E-state index contributed by atoms with van der Waals surface area (Å²) in [5, 5.41) is 6.44. The second-order valence-electron chi connectivity index (χ2n) is 4.53. The third kappa shape index (κ3) is 3.27. The van der Waals surface area contributed by atoms with Gasteiger partial charge in [0, 0.05) is 18.3 Å². The Hall–Kier alpha value is -1.42. The van der Waals surface area contributed by atoms with Crippen LogP contribution >= 0.6 is 0 Å². The number of pyridine rings is 1. The Morgan fingerprint density at radius 2 is 2.41 bits per heavy atom. The molecule has 1 aromatic rings. The molecule has 0 spiro atoms. The number of nitrogens with one attached hydrogen (secondary N) is 2. The van der Waals surface area contributed by atoms with E-state index in [1.165, 1.54) is 12.8 Å². The van der Waals surface area contributed by atoms with Gasteiger partial charge in [0.05, 0.1) is 0 Å². The molecule has 0 bridgehead atoms. The van der Waals surface area contributed by atoms with Gasteiger partial charge in [-0.1, -0.05) is 12.5 Å². The summed E-state index contributed by atoms with van der Waals surface area (Å²) < 4.78 is 0. The van der Waals surface area contributed by atoms with Crippen molar-refractivity contribution < 1.29 is 4.79 Å². The molecule has 2 N–H and O–H groups in total. The minimum atomic E-state index is -0.0922. The second kappa shape index (κ2) is 5.77. The lowest BCUT2D eigenvalue weighted by Gasteiger charge is -2.29. The van der Waals surface area contributed by atoms with Gasteiger partial charge in [-0.05, 0) is 38.4 Å². The van der Waals surface area contributed by atoms with E-state index in [2.05, 4.69) is 15.6 Å². The minimum absolute atomic E-state index is 0.0922. The summed E-state index contributed by atoms with van der Waals surface area (Å²) in [5.41, 5.74) is 0.482. The molecule has 2 rings (SSSR count). The topological polar surface area (TPSA) is 54.0 Å². The van der Waals surface area contributed by atoms with Crippen molar-refractivity contribution in [2.24, 2.45) is 0 Å². The van der Waals surface area contributed by atoms with Crippen LogP contribution < -0.4 is 10.6 Å². The summed E-state index contributed by atoms with van der Waals surface area (Å²) in [6, 6.07) is 5.89.